The average molecular weight is 321 g/mol. The fourth-order valence-corrected chi connectivity index (χ4v) is 2.25. The molecule has 1 N–H and O–H groups in total. The first kappa shape index (κ1) is 17.3. The molecule has 1 aromatic carbocycles. The van der Waals surface area contributed by atoms with Crippen LogP contribution in [0.3, 0.4) is 0 Å². The lowest BCUT2D eigenvalue weighted by Gasteiger charge is -1.99. The Balaban J connectivity index is 0.000000192. The number of aromatic amines is 1. The van der Waals surface area contributed by atoms with Crippen LogP contribution in [0.2, 0.25) is 0 Å². The fraction of sp³-hybridized carbons (Fsp3) is 0.118. The summed E-state index contributed by atoms with van der Waals surface area (Å²) in [7, 11) is 0. The third kappa shape index (κ3) is 4.35. The van der Waals surface area contributed by atoms with E-state index in [1.54, 1.807) is 6.33 Å². The Hall–Kier alpha value is -1.77. The molecule has 0 atom stereocenters. The molecule has 0 fully saturated rings. The lowest BCUT2D eigenvalue weighted by atomic mass is 10.1. The third-order valence-corrected chi connectivity index (χ3v) is 3.28. The third-order valence-electron chi connectivity index (χ3n) is 3.28. The van der Waals surface area contributed by atoms with E-state index < -0.39 is 0 Å². The van der Waals surface area contributed by atoms with Gasteiger partial charge in [-0.25, -0.2) is 4.98 Å². The van der Waals surface area contributed by atoms with Gasteiger partial charge in [-0.05, 0) is 36.1 Å². The van der Waals surface area contributed by atoms with Crippen LogP contribution in [0.25, 0.3) is 11.0 Å². The zero-order valence-corrected chi connectivity index (χ0v) is 13.2. The molecule has 0 aliphatic heterocycles. The minimum absolute atomic E-state index is 0. The SMILES string of the molecule is C1=CCC(C2=CC=CC2)=C1.Cl.Cl.c1ccc2[nH]cnc2c1. The van der Waals surface area contributed by atoms with E-state index in [1.807, 2.05) is 24.3 Å². The summed E-state index contributed by atoms with van der Waals surface area (Å²) in [6.45, 7) is 0. The van der Waals surface area contributed by atoms with Crippen molar-refractivity contribution < 1.29 is 0 Å². The number of halogens is 2. The number of rotatable bonds is 1. The summed E-state index contributed by atoms with van der Waals surface area (Å²) in [6.07, 6.45) is 17.1. The van der Waals surface area contributed by atoms with E-state index in [2.05, 4.69) is 46.4 Å². The zero-order valence-electron chi connectivity index (χ0n) is 11.5. The number of fused-ring (bicyclic) bond motifs is 1. The first-order valence-corrected chi connectivity index (χ1v) is 6.53. The summed E-state index contributed by atoms with van der Waals surface area (Å²) in [5, 5.41) is 0. The zero-order chi connectivity index (χ0) is 12.9. The van der Waals surface area contributed by atoms with E-state index >= 15 is 0 Å². The fourth-order valence-electron chi connectivity index (χ4n) is 2.25. The molecular formula is C17H18Cl2N2. The Morgan fingerprint density at radius 3 is 2.00 bits per heavy atom. The molecular weight excluding hydrogens is 303 g/mol. The standard InChI is InChI=1S/C10H10.C7H6N2.2ClH/c1-2-6-9(5-1)10-7-3-4-8-10;1-2-4-7-6(3-1)8-5-9-7;;/h1-5,7H,6,8H2;1-5H,(H,8,9);2*1H. The van der Waals surface area contributed by atoms with Crippen molar-refractivity contribution in [3.8, 4) is 0 Å². The van der Waals surface area contributed by atoms with Crippen molar-refractivity contribution >= 4 is 35.8 Å². The second-order valence-electron chi connectivity index (χ2n) is 4.57. The number of benzene rings is 1. The molecule has 4 rings (SSSR count). The number of imidazole rings is 1. The molecule has 0 spiro atoms. The first-order chi connectivity index (χ1) is 9.43. The van der Waals surface area contributed by atoms with Crippen LogP contribution in [0.4, 0.5) is 0 Å². The topological polar surface area (TPSA) is 28.7 Å². The molecule has 2 aliphatic carbocycles. The molecule has 0 radical (unpaired) electrons. The summed E-state index contributed by atoms with van der Waals surface area (Å²) in [4.78, 5) is 7.07. The van der Waals surface area contributed by atoms with E-state index in [4.69, 9.17) is 0 Å². The molecule has 110 valence electrons. The van der Waals surface area contributed by atoms with Gasteiger partial charge >= 0.3 is 0 Å². The van der Waals surface area contributed by atoms with Crippen molar-refractivity contribution in [2.75, 3.05) is 0 Å². The minimum Gasteiger partial charge on any atom is -0.345 e. The van der Waals surface area contributed by atoms with Crippen LogP contribution in [0.1, 0.15) is 12.8 Å². The number of aromatic nitrogens is 2. The largest absolute Gasteiger partial charge is 0.345 e. The maximum atomic E-state index is 4.06. The highest BCUT2D eigenvalue weighted by molar-refractivity contribution is 5.85. The van der Waals surface area contributed by atoms with Crippen molar-refractivity contribution in [1.82, 2.24) is 9.97 Å². The number of hydrogen-bond donors (Lipinski definition) is 1. The number of para-hydroxylation sites is 2. The van der Waals surface area contributed by atoms with Gasteiger partial charge in [0.2, 0.25) is 0 Å². The molecule has 21 heavy (non-hydrogen) atoms. The van der Waals surface area contributed by atoms with E-state index in [-0.39, 0.29) is 24.8 Å². The highest BCUT2D eigenvalue weighted by atomic mass is 35.5. The van der Waals surface area contributed by atoms with Crippen molar-refractivity contribution in [2.24, 2.45) is 0 Å². The molecule has 2 aromatic rings. The maximum absolute atomic E-state index is 4.06. The van der Waals surface area contributed by atoms with Gasteiger partial charge in [0.25, 0.3) is 0 Å². The normalized spacial score (nSPS) is 14.7. The summed E-state index contributed by atoms with van der Waals surface area (Å²) < 4.78 is 0. The van der Waals surface area contributed by atoms with Crippen molar-refractivity contribution in [3.63, 3.8) is 0 Å². The first-order valence-electron chi connectivity index (χ1n) is 6.53. The van der Waals surface area contributed by atoms with Gasteiger partial charge in [-0.15, -0.1) is 24.8 Å². The highest BCUT2D eigenvalue weighted by Crippen LogP contribution is 2.25. The van der Waals surface area contributed by atoms with Crippen molar-refractivity contribution in [3.05, 3.63) is 78.2 Å². The van der Waals surface area contributed by atoms with E-state index in [1.165, 1.54) is 11.1 Å². The Labute approximate surface area is 137 Å². The Bertz CT molecular complexity index is 635. The van der Waals surface area contributed by atoms with Gasteiger partial charge in [-0.1, -0.05) is 48.6 Å². The number of H-pyrrole nitrogens is 1. The Kier molecular flexibility index (Phi) is 7.00. The number of nitrogens with zero attached hydrogens (tertiary/aromatic N) is 1. The van der Waals surface area contributed by atoms with Gasteiger partial charge in [0.15, 0.2) is 0 Å². The second-order valence-corrected chi connectivity index (χ2v) is 4.57. The van der Waals surface area contributed by atoms with Crippen LogP contribution in [0, 0.1) is 0 Å². The molecule has 1 heterocycles. The predicted molar refractivity (Wildman–Crippen MR) is 94.3 cm³/mol. The summed E-state index contributed by atoms with van der Waals surface area (Å²) >= 11 is 0. The summed E-state index contributed by atoms with van der Waals surface area (Å²) in [5.74, 6) is 0. The molecule has 1 aromatic heterocycles. The molecule has 4 heteroatoms. The van der Waals surface area contributed by atoms with Crippen LogP contribution >= 0.6 is 24.8 Å². The molecule has 0 bridgehead atoms. The molecule has 0 amide bonds. The molecule has 0 saturated heterocycles. The second kappa shape index (κ2) is 8.50. The lowest BCUT2D eigenvalue weighted by molar-refractivity contribution is 1.18. The minimum atomic E-state index is 0. The number of hydrogen-bond acceptors (Lipinski definition) is 1. The van der Waals surface area contributed by atoms with E-state index in [9.17, 15) is 0 Å². The number of allylic oxidation sites excluding steroid dienone is 8. The van der Waals surface area contributed by atoms with Crippen LogP contribution in [0.15, 0.2) is 78.2 Å². The van der Waals surface area contributed by atoms with Gasteiger partial charge in [-0.3, -0.25) is 0 Å². The lowest BCUT2D eigenvalue weighted by Crippen LogP contribution is -1.80. The molecule has 2 nitrogen and oxygen atoms in total. The van der Waals surface area contributed by atoms with Gasteiger partial charge in [-0.2, -0.15) is 0 Å². The van der Waals surface area contributed by atoms with Gasteiger partial charge < -0.3 is 4.98 Å². The Morgan fingerprint density at radius 1 is 0.857 bits per heavy atom. The van der Waals surface area contributed by atoms with Crippen LogP contribution < -0.4 is 0 Å². The molecule has 0 saturated carbocycles. The monoisotopic (exact) mass is 320 g/mol. The van der Waals surface area contributed by atoms with Gasteiger partial charge in [0.05, 0.1) is 17.4 Å². The summed E-state index contributed by atoms with van der Waals surface area (Å²) in [5.41, 5.74) is 5.10. The quantitative estimate of drug-likeness (QED) is 0.771. The highest BCUT2D eigenvalue weighted by Gasteiger charge is 2.05. The summed E-state index contributed by atoms with van der Waals surface area (Å²) in [6, 6.07) is 7.94. The number of nitrogens with one attached hydrogen (secondary N) is 1. The average Bonchev–Trinajstić information content (AvgIpc) is 3.20. The van der Waals surface area contributed by atoms with Crippen molar-refractivity contribution in [2.45, 2.75) is 12.8 Å². The smallest absolute Gasteiger partial charge is 0.0931 e. The molecule has 0 unspecified atom stereocenters. The van der Waals surface area contributed by atoms with E-state index in [0.29, 0.717) is 0 Å². The Morgan fingerprint density at radius 2 is 1.48 bits per heavy atom. The van der Waals surface area contributed by atoms with Crippen molar-refractivity contribution in [1.29, 1.82) is 0 Å². The van der Waals surface area contributed by atoms with Crippen LogP contribution in [0.5, 0.6) is 0 Å². The van der Waals surface area contributed by atoms with Gasteiger partial charge in [0.1, 0.15) is 0 Å². The predicted octanol–water partition coefficient (Wildman–Crippen LogP) is 5.17. The van der Waals surface area contributed by atoms with Crippen LogP contribution in [-0.2, 0) is 0 Å². The van der Waals surface area contributed by atoms with Gasteiger partial charge in [0, 0.05) is 0 Å². The van der Waals surface area contributed by atoms with Crippen LogP contribution in [-0.4, -0.2) is 9.97 Å². The maximum Gasteiger partial charge on any atom is 0.0931 e. The molecule has 2 aliphatic rings. The van der Waals surface area contributed by atoms with E-state index in [0.717, 1.165) is 23.9 Å².